The molecule has 6 nitrogen and oxygen atoms in total. The topological polar surface area (TPSA) is 63.7 Å². The number of carbonyl (C=O) groups is 1. The highest BCUT2D eigenvalue weighted by molar-refractivity contribution is 6.32. The Morgan fingerprint density at radius 3 is 2.62 bits per heavy atom. The second-order valence-electron chi connectivity index (χ2n) is 11.1. The highest BCUT2D eigenvalue weighted by atomic mass is 35.5. The number of pyridine rings is 1. The Balaban J connectivity index is 1.30. The lowest BCUT2D eigenvalue weighted by Gasteiger charge is -2.42. The van der Waals surface area contributed by atoms with Gasteiger partial charge in [0.25, 0.3) is 0 Å². The average Bonchev–Trinajstić information content (AvgIpc) is 3.26. The van der Waals surface area contributed by atoms with Crippen LogP contribution in [0.25, 0.3) is 10.8 Å². The van der Waals surface area contributed by atoms with Crippen LogP contribution in [0.5, 0.6) is 0 Å². The first-order valence-corrected chi connectivity index (χ1v) is 13.0. The van der Waals surface area contributed by atoms with Gasteiger partial charge in [0, 0.05) is 41.3 Å². The van der Waals surface area contributed by atoms with Crippen molar-refractivity contribution in [2.45, 2.75) is 69.9 Å². The van der Waals surface area contributed by atoms with E-state index in [0.29, 0.717) is 18.3 Å². The first-order valence-electron chi connectivity index (χ1n) is 12.6. The average molecular weight is 486 g/mol. The molecule has 1 amide bonds. The van der Waals surface area contributed by atoms with Crippen LogP contribution in [0.4, 0.5) is 5.82 Å². The van der Waals surface area contributed by atoms with Gasteiger partial charge in [-0.25, -0.2) is 4.98 Å². The Labute approximate surface area is 207 Å². The second-order valence-corrected chi connectivity index (χ2v) is 11.5. The summed E-state index contributed by atoms with van der Waals surface area (Å²) in [6.07, 6.45) is 6.56. The minimum absolute atomic E-state index is 0.0224. The minimum Gasteiger partial charge on any atom is -0.379 e. The fourth-order valence-electron chi connectivity index (χ4n) is 5.88. The molecule has 1 N–H and O–H groups in total. The van der Waals surface area contributed by atoms with Crippen molar-refractivity contribution in [3.8, 4) is 0 Å². The molecule has 3 aliphatic rings. The van der Waals surface area contributed by atoms with Gasteiger partial charge < -0.3 is 14.8 Å². The number of carbonyl (C=O) groups excluding carboxylic acids is 1. The first kappa shape index (κ1) is 24.0. The normalized spacial score (nSPS) is 28.3. The molecule has 0 radical (unpaired) electrons. The number of rotatable bonds is 4. The molecule has 1 aromatic heterocycles. The third-order valence-electron chi connectivity index (χ3n) is 8.05. The van der Waals surface area contributed by atoms with Crippen LogP contribution in [-0.4, -0.2) is 59.8 Å². The molecule has 0 spiro atoms. The number of fused-ring (bicyclic) bond motifs is 1. The van der Waals surface area contributed by atoms with Crippen LogP contribution in [0.1, 0.15) is 64.4 Å². The Hall–Kier alpha value is -1.73. The molecule has 0 saturated carbocycles. The second kappa shape index (κ2) is 9.38. The number of likely N-dealkylation sites (tertiary alicyclic amines) is 1. The van der Waals surface area contributed by atoms with Gasteiger partial charge in [0.15, 0.2) is 0 Å². The van der Waals surface area contributed by atoms with Crippen molar-refractivity contribution < 1.29 is 14.3 Å². The van der Waals surface area contributed by atoms with E-state index >= 15 is 0 Å². The molecular formula is C27H36ClN3O3. The zero-order valence-corrected chi connectivity index (χ0v) is 21.3. The van der Waals surface area contributed by atoms with Crippen LogP contribution >= 0.6 is 11.6 Å². The fourth-order valence-corrected chi connectivity index (χ4v) is 6.21. The first-order chi connectivity index (χ1) is 16.2. The molecule has 1 aromatic carbocycles. The predicted molar refractivity (Wildman–Crippen MR) is 136 cm³/mol. The largest absolute Gasteiger partial charge is 0.379 e. The van der Waals surface area contributed by atoms with Gasteiger partial charge in [-0.1, -0.05) is 11.6 Å². The Morgan fingerprint density at radius 1 is 1.12 bits per heavy atom. The number of amides is 1. The number of ether oxygens (including phenoxy) is 2. The van der Waals surface area contributed by atoms with E-state index < -0.39 is 0 Å². The van der Waals surface area contributed by atoms with Gasteiger partial charge in [-0.05, 0) is 101 Å². The van der Waals surface area contributed by atoms with Crippen LogP contribution in [0, 0.1) is 5.92 Å². The number of aromatic nitrogens is 1. The molecule has 4 heterocycles. The van der Waals surface area contributed by atoms with Crippen LogP contribution in [-0.2, 0) is 14.3 Å². The maximum absolute atomic E-state index is 12.9. The lowest BCUT2D eigenvalue weighted by molar-refractivity contribution is -0.130. The van der Waals surface area contributed by atoms with Crippen molar-refractivity contribution in [1.82, 2.24) is 9.88 Å². The summed E-state index contributed by atoms with van der Waals surface area (Å²) in [5.41, 5.74) is 1.12. The summed E-state index contributed by atoms with van der Waals surface area (Å²) in [5, 5.41) is 5.91. The zero-order chi connectivity index (χ0) is 23.9. The number of anilines is 1. The van der Waals surface area contributed by atoms with E-state index in [0.717, 1.165) is 74.2 Å². The van der Waals surface area contributed by atoms with Crippen molar-refractivity contribution in [1.29, 1.82) is 0 Å². The molecule has 3 aliphatic heterocycles. The van der Waals surface area contributed by atoms with E-state index in [1.165, 1.54) is 5.56 Å². The number of hydrogen-bond acceptors (Lipinski definition) is 5. The maximum atomic E-state index is 12.9. The van der Waals surface area contributed by atoms with Crippen molar-refractivity contribution in [3.05, 3.63) is 35.0 Å². The molecule has 0 bridgehead atoms. The molecular weight excluding hydrogens is 450 g/mol. The standard InChI is InChI=1S/C27H36ClN3O3/c1-26(2)15-19(6-10-34-26)25(32)30-24-14-20-12-22(23(28)13-21(20)16-29-24)18-4-8-31(9-5-18)27(3)7-11-33-17-27/h12-14,16,18-19H,4-11,15,17H2,1-3H3,(H,29,30,32)/t19-,27-/m1/s1. The maximum Gasteiger partial charge on any atom is 0.228 e. The quantitative estimate of drug-likeness (QED) is 0.629. The number of nitrogens with zero attached hydrogens (tertiary/aromatic N) is 2. The minimum atomic E-state index is -0.263. The number of benzene rings is 1. The van der Waals surface area contributed by atoms with E-state index in [9.17, 15) is 4.79 Å². The van der Waals surface area contributed by atoms with Crippen molar-refractivity contribution in [3.63, 3.8) is 0 Å². The van der Waals surface area contributed by atoms with Crippen molar-refractivity contribution in [2.24, 2.45) is 5.92 Å². The van der Waals surface area contributed by atoms with Gasteiger partial charge in [-0.3, -0.25) is 9.69 Å². The molecule has 3 fully saturated rings. The highest BCUT2D eigenvalue weighted by Crippen LogP contribution is 2.38. The van der Waals surface area contributed by atoms with E-state index in [-0.39, 0.29) is 23.0 Å². The van der Waals surface area contributed by atoms with Crippen LogP contribution in [0.2, 0.25) is 5.02 Å². The lowest BCUT2D eigenvalue weighted by Crippen LogP contribution is -2.50. The number of nitrogens with one attached hydrogen (secondary N) is 1. The Morgan fingerprint density at radius 2 is 1.91 bits per heavy atom. The summed E-state index contributed by atoms with van der Waals surface area (Å²) < 4.78 is 11.4. The van der Waals surface area contributed by atoms with E-state index in [1.54, 1.807) is 6.20 Å². The summed E-state index contributed by atoms with van der Waals surface area (Å²) in [6.45, 7) is 10.9. The summed E-state index contributed by atoms with van der Waals surface area (Å²) >= 11 is 6.74. The zero-order valence-electron chi connectivity index (χ0n) is 20.5. The molecule has 2 aromatic rings. The van der Waals surface area contributed by atoms with Gasteiger partial charge >= 0.3 is 0 Å². The third-order valence-corrected chi connectivity index (χ3v) is 8.38. The Kier molecular flexibility index (Phi) is 6.62. The molecule has 0 aliphatic carbocycles. The molecule has 0 unspecified atom stereocenters. The molecule has 34 heavy (non-hydrogen) atoms. The molecule has 5 rings (SSSR count). The molecule has 7 heteroatoms. The number of halogens is 1. The van der Waals surface area contributed by atoms with Crippen LogP contribution in [0.3, 0.4) is 0 Å². The molecule has 2 atom stereocenters. The van der Waals surface area contributed by atoms with Crippen molar-refractivity contribution >= 4 is 34.1 Å². The number of hydrogen-bond donors (Lipinski definition) is 1. The van der Waals surface area contributed by atoms with Gasteiger partial charge in [0.1, 0.15) is 5.82 Å². The molecule has 184 valence electrons. The number of piperidine rings is 1. The summed E-state index contributed by atoms with van der Waals surface area (Å²) in [6, 6.07) is 6.20. The smallest absolute Gasteiger partial charge is 0.228 e. The summed E-state index contributed by atoms with van der Waals surface area (Å²) in [5.74, 6) is 1.00. The van der Waals surface area contributed by atoms with E-state index in [4.69, 9.17) is 21.1 Å². The lowest BCUT2D eigenvalue weighted by atomic mass is 9.85. The predicted octanol–water partition coefficient (Wildman–Crippen LogP) is 5.39. The SMILES string of the molecule is CC1(C)C[C@H](C(=O)Nc2cc3cc(C4CCN([C@]5(C)CCOC5)CC4)c(Cl)cc3cn2)CCO1. The fraction of sp³-hybridized carbons (Fsp3) is 0.630. The van der Waals surface area contributed by atoms with Gasteiger partial charge in [0.2, 0.25) is 5.91 Å². The summed E-state index contributed by atoms with van der Waals surface area (Å²) in [4.78, 5) is 20.0. The van der Waals surface area contributed by atoms with E-state index in [2.05, 4.69) is 28.2 Å². The highest BCUT2D eigenvalue weighted by Gasteiger charge is 2.38. The van der Waals surface area contributed by atoms with Gasteiger partial charge in [-0.15, -0.1) is 0 Å². The van der Waals surface area contributed by atoms with Crippen molar-refractivity contribution in [2.75, 3.05) is 38.2 Å². The van der Waals surface area contributed by atoms with Gasteiger partial charge in [-0.2, -0.15) is 0 Å². The monoisotopic (exact) mass is 485 g/mol. The van der Waals surface area contributed by atoms with Crippen LogP contribution in [0.15, 0.2) is 24.4 Å². The molecule has 3 saturated heterocycles. The third kappa shape index (κ3) is 4.97. The van der Waals surface area contributed by atoms with E-state index in [1.807, 2.05) is 26.0 Å². The summed E-state index contributed by atoms with van der Waals surface area (Å²) in [7, 11) is 0. The van der Waals surface area contributed by atoms with Gasteiger partial charge in [0.05, 0.1) is 12.2 Å². The Bertz CT molecular complexity index is 1060. The van der Waals surface area contributed by atoms with Crippen LogP contribution < -0.4 is 5.32 Å².